The lowest BCUT2D eigenvalue weighted by Gasteiger charge is -2.19. The summed E-state index contributed by atoms with van der Waals surface area (Å²) < 4.78 is 27.9. The van der Waals surface area contributed by atoms with Crippen molar-refractivity contribution in [1.29, 1.82) is 0 Å². The van der Waals surface area contributed by atoms with Gasteiger partial charge < -0.3 is 0 Å². The summed E-state index contributed by atoms with van der Waals surface area (Å²) in [6.45, 7) is 2.18. The van der Waals surface area contributed by atoms with Gasteiger partial charge in [0.2, 0.25) is 0 Å². The Labute approximate surface area is 159 Å². The molecule has 0 saturated heterocycles. The zero-order valence-corrected chi connectivity index (χ0v) is 15.4. The Morgan fingerprint density at radius 1 is 0.815 bits per heavy atom. The van der Waals surface area contributed by atoms with Crippen LogP contribution in [0.15, 0.2) is 66.7 Å². The molecule has 1 aliphatic rings. The standard InChI is InChI=1S/C25H22F2/c1-2-3-17-4-6-18(7-5-17)20-8-9-21-15-24(25(27)16-22(21)14-20)19-10-12-23(26)13-11-19/h4-8,10-13,15-16H,2-3,9,14H2,1H3. The van der Waals surface area contributed by atoms with Crippen molar-refractivity contribution >= 4 is 5.57 Å². The SMILES string of the molecule is CCCc1ccc(C2=CCc3cc(-c4ccc(F)cc4)c(F)cc3C2)cc1. The predicted octanol–water partition coefficient (Wildman–Crippen LogP) is 6.77. The fraction of sp³-hybridized carbons (Fsp3) is 0.200. The maximum absolute atomic E-state index is 14.7. The molecule has 0 radical (unpaired) electrons. The Morgan fingerprint density at radius 3 is 2.22 bits per heavy atom. The van der Waals surface area contributed by atoms with Gasteiger partial charge in [0.15, 0.2) is 0 Å². The number of halogens is 2. The number of benzene rings is 3. The zero-order chi connectivity index (χ0) is 18.8. The van der Waals surface area contributed by atoms with Crippen molar-refractivity contribution in [3.63, 3.8) is 0 Å². The van der Waals surface area contributed by atoms with Gasteiger partial charge in [0, 0.05) is 5.56 Å². The highest BCUT2D eigenvalue weighted by Crippen LogP contribution is 2.33. The highest BCUT2D eigenvalue weighted by molar-refractivity contribution is 5.73. The summed E-state index contributed by atoms with van der Waals surface area (Å²) in [6, 6.07) is 18.3. The molecule has 3 aromatic rings. The minimum absolute atomic E-state index is 0.250. The predicted molar refractivity (Wildman–Crippen MR) is 108 cm³/mol. The molecule has 0 heterocycles. The van der Waals surface area contributed by atoms with E-state index in [1.54, 1.807) is 18.2 Å². The molecule has 0 spiro atoms. The first-order valence-corrected chi connectivity index (χ1v) is 9.49. The molecular formula is C25H22F2. The molecule has 0 atom stereocenters. The van der Waals surface area contributed by atoms with Gasteiger partial charge in [0.1, 0.15) is 11.6 Å². The first kappa shape index (κ1) is 17.7. The zero-order valence-electron chi connectivity index (χ0n) is 15.4. The van der Waals surface area contributed by atoms with Crippen LogP contribution in [0.1, 0.15) is 35.6 Å². The molecule has 1 aliphatic carbocycles. The average Bonchev–Trinajstić information content (AvgIpc) is 2.69. The van der Waals surface area contributed by atoms with Crippen LogP contribution in [-0.4, -0.2) is 0 Å². The van der Waals surface area contributed by atoms with Gasteiger partial charge in [-0.15, -0.1) is 0 Å². The summed E-state index contributed by atoms with van der Waals surface area (Å²) in [5.74, 6) is -0.561. The second-order valence-electron chi connectivity index (χ2n) is 7.16. The van der Waals surface area contributed by atoms with E-state index in [-0.39, 0.29) is 11.6 Å². The molecule has 0 aromatic heterocycles. The molecule has 2 heteroatoms. The molecule has 4 rings (SSSR count). The van der Waals surface area contributed by atoms with E-state index < -0.39 is 0 Å². The van der Waals surface area contributed by atoms with Gasteiger partial charge >= 0.3 is 0 Å². The normalized spacial score (nSPS) is 13.2. The number of aryl methyl sites for hydroxylation is 1. The van der Waals surface area contributed by atoms with E-state index in [0.29, 0.717) is 11.1 Å². The fourth-order valence-electron chi connectivity index (χ4n) is 3.77. The van der Waals surface area contributed by atoms with Gasteiger partial charge in [-0.1, -0.05) is 55.8 Å². The molecule has 0 fully saturated rings. The van der Waals surface area contributed by atoms with Crippen molar-refractivity contribution in [3.8, 4) is 11.1 Å². The number of rotatable bonds is 4. The van der Waals surface area contributed by atoms with Crippen LogP contribution in [-0.2, 0) is 19.3 Å². The molecule has 0 amide bonds. The molecular weight excluding hydrogens is 338 g/mol. The lowest BCUT2D eigenvalue weighted by molar-refractivity contribution is 0.624. The molecule has 0 unspecified atom stereocenters. The van der Waals surface area contributed by atoms with Crippen LogP contribution in [0.2, 0.25) is 0 Å². The maximum atomic E-state index is 14.7. The maximum Gasteiger partial charge on any atom is 0.131 e. The number of hydrogen-bond acceptors (Lipinski definition) is 0. The van der Waals surface area contributed by atoms with Crippen molar-refractivity contribution in [2.24, 2.45) is 0 Å². The van der Waals surface area contributed by atoms with Crippen LogP contribution in [0.5, 0.6) is 0 Å². The van der Waals surface area contributed by atoms with Gasteiger partial charge in [0.25, 0.3) is 0 Å². The molecule has 3 aromatic carbocycles. The van der Waals surface area contributed by atoms with E-state index in [4.69, 9.17) is 0 Å². The van der Waals surface area contributed by atoms with Gasteiger partial charge in [-0.3, -0.25) is 0 Å². The molecule has 27 heavy (non-hydrogen) atoms. The summed E-state index contributed by atoms with van der Waals surface area (Å²) in [6.07, 6.45) is 6.01. The first-order chi connectivity index (χ1) is 13.1. The third kappa shape index (κ3) is 3.71. The van der Waals surface area contributed by atoms with Crippen LogP contribution in [0.3, 0.4) is 0 Å². The van der Waals surface area contributed by atoms with Crippen LogP contribution in [0.25, 0.3) is 16.7 Å². The second kappa shape index (κ2) is 7.48. The summed E-state index contributed by atoms with van der Waals surface area (Å²) in [5, 5.41) is 0. The van der Waals surface area contributed by atoms with Crippen molar-refractivity contribution in [3.05, 3.63) is 101 Å². The fourth-order valence-corrected chi connectivity index (χ4v) is 3.77. The van der Waals surface area contributed by atoms with E-state index in [2.05, 4.69) is 37.3 Å². The van der Waals surface area contributed by atoms with Crippen molar-refractivity contribution < 1.29 is 8.78 Å². The van der Waals surface area contributed by atoms with Crippen LogP contribution < -0.4 is 0 Å². The van der Waals surface area contributed by atoms with Crippen LogP contribution in [0.4, 0.5) is 8.78 Å². The molecule has 0 saturated carbocycles. The Kier molecular flexibility index (Phi) is 4.89. The number of allylic oxidation sites excluding steroid dienone is 2. The average molecular weight is 360 g/mol. The third-order valence-electron chi connectivity index (χ3n) is 5.26. The quantitative estimate of drug-likeness (QED) is 0.482. The lowest BCUT2D eigenvalue weighted by Crippen LogP contribution is -2.04. The molecule has 0 N–H and O–H groups in total. The van der Waals surface area contributed by atoms with E-state index in [1.165, 1.54) is 28.8 Å². The molecule has 0 bridgehead atoms. The Hall–Kier alpha value is -2.74. The molecule has 136 valence electrons. The minimum Gasteiger partial charge on any atom is -0.207 e. The summed E-state index contributed by atoms with van der Waals surface area (Å²) >= 11 is 0. The number of hydrogen-bond donors (Lipinski definition) is 0. The van der Waals surface area contributed by atoms with E-state index in [1.807, 2.05) is 6.07 Å². The summed E-state index contributed by atoms with van der Waals surface area (Å²) in [4.78, 5) is 0. The second-order valence-corrected chi connectivity index (χ2v) is 7.16. The summed E-state index contributed by atoms with van der Waals surface area (Å²) in [7, 11) is 0. The number of fused-ring (bicyclic) bond motifs is 1. The highest BCUT2D eigenvalue weighted by atomic mass is 19.1. The van der Waals surface area contributed by atoms with Gasteiger partial charge in [-0.25, -0.2) is 8.78 Å². The van der Waals surface area contributed by atoms with Gasteiger partial charge in [0.05, 0.1) is 0 Å². The Bertz CT molecular complexity index is 980. The first-order valence-electron chi connectivity index (χ1n) is 9.49. The van der Waals surface area contributed by atoms with Gasteiger partial charge in [-0.2, -0.15) is 0 Å². The van der Waals surface area contributed by atoms with Crippen molar-refractivity contribution in [2.45, 2.75) is 32.6 Å². The van der Waals surface area contributed by atoms with Crippen molar-refractivity contribution in [1.82, 2.24) is 0 Å². The highest BCUT2D eigenvalue weighted by Gasteiger charge is 2.17. The van der Waals surface area contributed by atoms with Crippen molar-refractivity contribution in [2.75, 3.05) is 0 Å². The largest absolute Gasteiger partial charge is 0.207 e. The topological polar surface area (TPSA) is 0 Å². The monoisotopic (exact) mass is 360 g/mol. The van der Waals surface area contributed by atoms with Crippen LogP contribution in [0, 0.1) is 11.6 Å². The van der Waals surface area contributed by atoms with Gasteiger partial charge in [-0.05, 0) is 76.9 Å². The van der Waals surface area contributed by atoms with E-state index in [9.17, 15) is 8.78 Å². The Morgan fingerprint density at radius 2 is 1.52 bits per heavy atom. The molecule has 0 nitrogen and oxygen atoms in total. The van der Waals surface area contributed by atoms with Crippen LogP contribution >= 0.6 is 0 Å². The lowest BCUT2D eigenvalue weighted by atomic mass is 9.86. The van der Waals surface area contributed by atoms with E-state index in [0.717, 1.165) is 36.8 Å². The smallest absolute Gasteiger partial charge is 0.131 e. The minimum atomic E-state index is -0.311. The third-order valence-corrected chi connectivity index (χ3v) is 5.26. The Balaban J connectivity index is 1.61. The molecule has 0 aliphatic heterocycles. The van der Waals surface area contributed by atoms with E-state index >= 15 is 0 Å². The summed E-state index contributed by atoms with van der Waals surface area (Å²) in [5.41, 5.74) is 7.24.